The van der Waals surface area contributed by atoms with Crippen LogP contribution in [0.2, 0.25) is 5.28 Å². The summed E-state index contributed by atoms with van der Waals surface area (Å²) in [6, 6.07) is 10.9. The second-order valence-corrected chi connectivity index (χ2v) is 6.55. The number of Topliss-reactive ketones (excluding diaryl/α,β-unsaturated/α-hetero) is 1. The number of carbonyl (C=O) groups excluding carboxylic acids is 3. The minimum absolute atomic E-state index is 0.00660. The molecular weight excluding hydrogens is 396 g/mol. The molecule has 3 rings (SSSR count). The van der Waals surface area contributed by atoms with E-state index in [1.807, 2.05) is 6.07 Å². The lowest BCUT2D eigenvalue weighted by Crippen LogP contribution is -2.47. The Morgan fingerprint density at radius 3 is 2.59 bits per heavy atom. The number of hydrogen-bond acceptors (Lipinski definition) is 6. The van der Waals surface area contributed by atoms with Crippen molar-refractivity contribution in [2.75, 3.05) is 0 Å². The molecule has 0 aliphatic heterocycles. The molecule has 0 bridgehead atoms. The fraction of sp³-hybridized carbons (Fsp3) is 0.158. The van der Waals surface area contributed by atoms with E-state index in [0.717, 1.165) is 5.56 Å². The number of benzene rings is 1. The van der Waals surface area contributed by atoms with Crippen LogP contribution in [0.1, 0.15) is 21.7 Å². The van der Waals surface area contributed by atoms with Gasteiger partial charge in [-0.15, -0.1) is 0 Å². The molecule has 29 heavy (non-hydrogen) atoms. The van der Waals surface area contributed by atoms with Crippen molar-refractivity contribution in [3.8, 4) is 5.82 Å². The van der Waals surface area contributed by atoms with Gasteiger partial charge >= 0.3 is 0 Å². The summed E-state index contributed by atoms with van der Waals surface area (Å²) in [6.45, 7) is 1.70. The Labute approximate surface area is 170 Å². The van der Waals surface area contributed by atoms with Crippen molar-refractivity contribution < 1.29 is 14.4 Å². The number of rotatable bonds is 7. The number of hydrogen-bond donors (Lipinski definition) is 2. The highest BCUT2D eigenvalue weighted by atomic mass is 35.5. The lowest BCUT2D eigenvalue weighted by Gasteiger charge is -2.16. The van der Waals surface area contributed by atoms with Crippen LogP contribution in [0.25, 0.3) is 5.82 Å². The van der Waals surface area contributed by atoms with Crippen LogP contribution in [0, 0.1) is 6.92 Å². The molecule has 1 aromatic carbocycles. The van der Waals surface area contributed by atoms with E-state index in [2.05, 4.69) is 20.4 Å². The molecule has 10 heteroatoms. The van der Waals surface area contributed by atoms with Gasteiger partial charge in [-0.1, -0.05) is 30.3 Å². The van der Waals surface area contributed by atoms with Crippen LogP contribution in [0.15, 0.2) is 48.7 Å². The zero-order chi connectivity index (χ0) is 21.0. The summed E-state index contributed by atoms with van der Waals surface area (Å²) in [5.74, 6) is -2.35. The Kier molecular flexibility index (Phi) is 5.99. The zero-order valence-electron chi connectivity index (χ0n) is 15.4. The van der Waals surface area contributed by atoms with Gasteiger partial charge in [0.05, 0.1) is 5.69 Å². The van der Waals surface area contributed by atoms with Gasteiger partial charge in [-0.25, -0.2) is 9.67 Å². The predicted octanol–water partition coefficient (Wildman–Crippen LogP) is 1.02. The number of aryl methyl sites for hydroxylation is 1. The quantitative estimate of drug-likeness (QED) is 0.439. The summed E-state index contributed by atoms with van der Waals surface area (Å²) in [6.07, 6.45) is 1.54. The first kappa shape index (κ1) is 20.2. The average Bonchev–Trinajstić information content (AvgIpc) is 3.09. The first-order chi connectivity index (χ1) is 13.8. The lowest BCUT2D eigenvalue weighted by atomic mass is 10.0. The van der Waals surface area contributed by atoms with Crippen molar-refractivity contribution in [3.63, 3.8) is 0 Å². The Morgan fingerprint density at radius 1 is 1.21 bits per heavy atom. The van der Waals surface area contributed by atoms with E-state index in [1.165, 1.54) is 23.0 Å². The third kappa shape index (κ3) is 4.82. The minimum Gasteiger partial charge on any atom is -0.363 e. The Morgan fingerprint density at radius 2 is 1.93 bits per heavy atom. The molecule has 2 heterocycles. The van der Waals surface area contributed by atoms with Gasteiger partial charge < -0.3 is 11.1 Å². The van der Waals surface area contributed by atoms with Crippen LogP contribution in [0.4, 0.5) is 0 Å². The SMILES string of the molecule is Cc1cc(C(=O)NC(Cc2ccccc2)C(=O)C(N)=O)n(-c2ccnc(Cl)n2)n1. The van der Waals surface area contributed by atoms with E-state index >= 15 is 0 Å². The number of nitrogens with zero attached hydrogens (tertiary/aromatic N) is 4. The van der Waals surface area contributed by atoms with Crippen LogP contribution >= 0.6 is 11.6 Å². The van der Waals surface area contributed by atoms with E-state index in [4.69, 9.17) is 17.3 Å². The van der Waals surface area contributed by atoms with Crippen LogP contribution in [0.5, 0.6) is 0 Å². The minimum atomic E-state index is -1.13. The highest BCUT2D eigenvalue weighted by Gasteiger charge is 2.27. The number of ketones is 1. The topological polar surface area (TPSA) is 133 Å². The van der Waals surface area contributed by atoms with Gasteiger partial charge in [0.25, 0.3) is 11.8 Å². The third-order valence-corrected chi connectivity index (χ3v) is 4.22. The van der Waals surface area contributed by atoms with Gasteiger partial charge in [-0.05, 0) is 30.2 Å². The van der Waals surface area contributed by atoms with Crippen molar-refractivity contribution in [3.05, 3.63) is 70.9 Å². The van der Waals surface area contributed by atoms with E-state index in [0.29, 0.717) is 5.69 Å². The standard InChI is InChI=1S/C19H17ClN6O3/c1-11-9-14(26(25-11)15-7-8-22-19(20)24-15)18(29)23-13(16(27)17(21)28)10-12-5-3-2-4-6-12/h2-9,13H,10H2,1H3,(H2,21,28)(H,23,29). The van der Waals surface area contributed by atoms with Gasteiger partial charge in [0.1, 0.15) is 11.7 Å². The van der Waals surface area contributed by atoms with Crippen LogP contribution in [0.3, 0.4) is 0 Å². The van der Waals surface area contributed by atoms with Crippen molar-refractivity contribution in [1.82, 2.24) is 25.1 Å². The molecule has 3 N–H and O–H groups in total. The number of nitrogens with one attached hydrogen (secondary N) is 1. The van der Waals surface area contributed by atoms with Gasteiger partial charge in [0.2, 0.25) is 11.1 Å². The lowest BCUT2D eigenvalue weighted by molar-refractivity contribution is -0.137. The maximum Gasteiger partial charge on any atom is 0.287 e. The number of aromatic nitrogens is 4. The van der Waals surface area contributed by atoms with Gasteiger partial charge in [0, 0.05) is 18.7 Å². The predicted molar refractivity (Wildman–Crippen MR) is 105 cm³/mol. The van der Waals surface area contributed by atoms with E-state index in [9.17, 15) is 14.4 Å². The Hall–Kier alpha value is -3.59. The first-order valence-electron chi connectivity index (χ1n) is 8.59. The average molecular weight is 413 g/mol. The van der Waals surface area contributed by atoms with Crippen LogP contribution in [-0.4, -0.2) is 43.4 Å². The monoisotopic (exact) mass is 412 g/mol. The summed E-state index contributed by atoms with van der Waals surface area (Å²) in [7, 11) is 0. The molecule has 9 nitrogen and oxygen atoms in total. The summed E-state index contributed by atoms with van der Waals surface area (Å²) in [5.41, 5.74) is 6.59. The number of primary amides is 1. The Bertz CT molecular complexity index is 1070. The summed E-state index contributed by atoms with van der Waals surface area (Å²) in [5, 5.41) is 6.81. The Balaban J connectivity index is 1.90. The molecule has 2 amide bonds. The summed E-state index contributed by atoms with van der Waals surface area (Å²) in [4.78, 5) is 44.5. The summed E-state index contributed by atoms with van der Waals surface area (Å²) < 4.78 is 1.28. The molecule has 3 aromatic rings. The van der Waals surface area contributed by atoms with Crippen molar-refractivity contribution in [2.24, 2.45) is 5.73 Å². The van der Waals surface area contributed by atoms with Crippen molar-refractivity contribution in [2.45, 2.75) is 19.4 Å². The second-order valence-electron chi connectivity index (χ2n) is 6.21. The smallest absolute Gasteiger partial charge is 0.287 e. The molecule has 2 aromatic heterocycles. The van der Waals surface area contributed by atoms with Crippen molar-refractivity contribution in [1.29, 1.82) is 0 Å². The molecule has 1 atom stereocenters. The molecular formula is C19H17ClN6O3. The molecule has 0 fully saturated rings. The van der Waals surface area contributed by atoms with Gasteiger partial charge in [-0.2, -0.15) is 10.1 Å². The maximum atomic E-state index is 12.9. The van der Waals surface area contributed by atoms with Crippen LogP contribution in [-0.2, 0) is 16.0 Å². The van der Waals surface area contributed by atoms with Crippen LogP contribution < -0.4 is 11.1 Å². The highest BCUT2D eigenvalue weighted by molar-refractivity contribution is 6.38. The second kappa shape index (κ2) is 8.61. The number of carbonyl (C=O) groups is 3. The van der Waals surface area contributed by atoms with Crippen molar-refractivity contribution >= 4 is 29.2 Å². The molecule has 0 aliphatic carbocycles. The first-order valence-corrected chi connectivity index (χ1v) is 8.97. The van der Waals surface area contributed by atoms with Gasteiger partial charge in [-0.3, -0.25) is 14.4 Å². The highest BCUT2D eigenvalue weighted by Crippen LogP contribution is 2.13. The molecule has 0 spiro atoms. The summed E-state index contributed by atoms with van der Waals surface area (Å²) >= 11 is 5.82. The maximum absolute atomic E-state index is 12.9. The van der Waals surface area contributed by atoms with E-state index in [-0.39, 0.29) is 23.2 Å². The molecule has 148 valence electrons. The molecule has 0 saturated heterocycles. The number of nitrogens with two attached hydrogens (primary N) is 1. The largest absolute Gasteiger partial charge is 0.363 e. The normalized spacial score (nSPS) is 11.7. The molecule has 1 unspecified atom stereocenters. The van der Waals surface area contributed by atoms with Gasteiger partial charge in [0.15, 0.2) is 5.82 Å². The zero-order valence-corrected chi connectivity index (χ0v) is 16.1. The van der Waals surface area contributed by atoms with E-state index < -0.39 is 23.6 Å². The fourth-order valence-electron chi connectivity index (χ4n) is 2.74. The number of halogens is 1. The third-order valence-electron chi connectivity index (χ3n) is 4.04. The fourth-order valence-corrected chi connectivity index (χ4v) is 2.89. The molecule has 0 aliphatic rings. The molecule has 0 radical (unpaired) electrons. The molecule has 0 saturated carbocycles. The van der Waals surface area contributed by atoms with E-state index in [1.54, 1.807) is 31.2 Å². The number of amides is 2.